The molecule has 2 amide bonds. The molecule has 2 aromatic rings. The Morgan fingerprint density at radius 3 is 2.35 bits per heavy atom. The SMILES string of the molecule is CCCC(N)C(=O)NCc1ccc(N(C)C(=O)c2ccncc2)cc1.Cl. The molecular formula is C19H25ClN4O2. The first-order chi connectivity index (χ1) is 12.0. The van der Waals surface area contributed by atoms with Crippen molar-refractivity contribution in [1.82, 2.24) is 10.3 Å². The van der Waals surface area contributed by atoms with Crippen molar-refractivity contribution in [1.29, 1.82) is 0 Å². The van der Waals surface area contributed by atoms with Gasteiger partial charge in [-0.15, -0.1) is 12.4 Å². The fraction of sp³-hybridized carbons (Fsp3) is 0.316. The first-order valence-corrected chi connectivity index (χ1v) is 8.33. The lowest BCUT2D eigenvalue weighted by molar-refractivity contribution is -0.122. The third-order valence-corrected chi connectivity index (χ3v) is 3.96. The Hall–Kier alpha value is -2.44. The minimum Gasteiger partial charge on any atom is -0.351 e. The molecule has 1 unspecified atom stereocenters. The van der Waals surface area contributed by atoms with Gasteiger partial charge < -0.3 is 16.0 Å². The zero-order chi connectivity index (χ0) is 18.2. The van der Waals surface area contributed by atoms with E-state index >= 15 is 0 Å². The maximum atomic E-state index is 12.4. The average molecular weight is 377 g/mol. The summed E-state index contributed by atoms with van der Waals surface area (Å²) in [4.78, 5) is 29.7. The quantitative estimate of drug-likeness (QED) is 0.777. The molecule has 0 aliphatic heterocycles. The molecule has 0 saturated heterocycles. The van der Waals surface area contributed by atoms with Gasteiger partial charge in [-0.3, -0.25) is 14.6 Å². The largest absolute Gasteiger partial charge is 0.351 e. The van der Waals surface area contributed by atoms with Crippen LogP contribution < -0.4 is 16.0 Å². The van der Waals surface area contributed by atoms with Crippen molar-refractivity contribution in [2.75, 3.05) is 11.9 Å². The highest BCUT2D eigenvalue weighted by Gasteiger charge is 2.14. The van der Waals surface area contributed by atoms with E-state index in [9.17, 15) is 9.59 Å². The van der Waals surface area contributed by atoms with Gasteiger partial charge in [0, 0.05) is 37.2 Å². The third-order valence-electron chi connectivity index (χ3n) is 3.96. The number of hydrogen-bond donors (Lipinski definition) is 2. The van der Waals surface area contributed by atoms with Crippen molar-refractivity contribution in [2.45, 2.75) is 32.4 Å². The number of carbonyl (C=O) groups excluding carboxylic acids is 2. The second kappa shape index (κ2) is 10.5. The summed E-state index contributed by atoms with van der Waals surface area (Å²) in [5, 5.41) is 2.83. The van der Waals surface area contributed by atoms with Crippen LogP contribution in [-0.2, 0) is 11.3 Å². The average Bonchev–Trinajstić information content (AvgIpc) is 2.66. The summed E-state index contributed by atoms with van der Waals surface area (Å²) in [6.45, 7) is 2.41. The summed E-state index contributed by atoms with van der Waals surface area (Å²) in [6.07, 6.45) is 4.74. The van der Waals surface area contributed by atoms with Crippen LogP contribution in [0, 0.1) is 0 Å². The second-order valence-electron chi connectivity index (χ2n) is 5.88. The fourth-order valence-corrected chi connectivity index (χ4v) is 2.41. The van der Waals surface area contributed by atoms with Crippen LogP contribution >= 0.6 is 12.4 Å². The van der Waals surface area contributed by atoms with Gasteiger partial charge in [0.25, 0.3) is 5.91 Å². The van der Waals surface area contributed by atoms with E-state index < -0.39 is 6.04 Å². The van der Waals surface area contributed by atoms with Crippen molar-refractivity contribution in [3.8, 4) is 0 Å². The van der Waals surface area contributed by atoms with Gasteiger partial charge in [0.05, 0.1) is 6.04 Å². The summed E-state index contributed by atoms with van der Waals surface area (Å²) in [5.41, 5.74) is 8.09. The van der Waals surface area contributed by atoms with Crippen LogP contribution in [0.25, 0.3) is 0 Å². The van der Waals surface area contributed by atoms with E-state index in [1.165, 1.54) is 0 Å². The topological polar surface area (TPSA) is 88.3 Å². The molecule has 0 spiro atoms. The lowest BCUT2D eigenvalue weighted by atomic mass is 10.1. The van der Waals surface area contributed by atoms with E-state index in [1.807, 2.05) is 31.2 Å². The number of pyridine rings is 1. The van der Waals surface area contributed by atoms with Gasteiger partial charge in [-0.2, -0.15) is 0 Å². The Bertz CT molecular complexity index is 707. The molecule has 7 heteroatoms. The smallest absolute Gasteiger partial charge is 0.258 e. The zero-order valence-corrected chi connectivity index (χ0v) is 15.8. The molecule has 26 heavy (non-hydrogen) atoms. The maximum absolute atomic E-state index is 12.4. The molecule has 0 fully saturated rings. The summed E-state index contributed by atoms with van der Waals surface area (Å²) < 4.78 is 0. The Labute approximate surface area is 160 Å². The van der Waals surface area contributed by atoms with Crippen LogP contribution in [0.2, 0.25) is 0 Å². The Morgan fingerprint density at radius 1 is 1.15 bits per heavy atom. The Kier molecular flexibility index (Phi) is 8.75. The second-order valence-corrected chi connectivity index (χ2v) is 5.88. The van der Waals surface area contributed by atoms with Gasteiger partial charge >= 0.3 is 0 Å². The molecule has 0 bridgehead atoms. The van der Waals surface area contributed by atoms with Crippen LogP contribution in [-0.4, -0.2) is 29.9 Å². The molecule has 0 aliphatic carbocycles. The van der Waals surface area contributed by atoms with Gasteiger partial charge in [-0.1, -0.05) is 25.5 Å². The van der Waals surface area contributed by atoms with E-state index in [-0.39, 0.29) is 24.2 Å². The van der Waals surface area contributed by atoms with Crippen molar-refractivity contribution in [3.05, 3.63) is 59.9 Å². The van der Waals surface area contributed by atoms with Gasteiger partial charge in [0.1, 0.15) is 0 Å². The van der Waals surface area contributed by atoms with Crippen molar-refractivity contribution in [2.24, 2.45) is 5.73 Å². The molecule has 1 aromatic carbocycles. The van der Waals surface area contributed by atoms with Gasteiger partial charge in [-0.05, 0) is 36.2 Å². The van der Waals surface area contributed by atoms with E-state index in [4.69, 9.17) is 5.73 Å². The fourth-order valence-electron chi connectivity index (χ4n) is 2.41. The number of rotatable bonds is 7. The van der Waals surface area contributed by atoms with Crippen LogP contribution in [0.4, 0.5) is 5.69 Å². The number of nitrogens with two attached hydrogens (primary N) is 1. The predicted octanol–water partition coefficient (Wildman–Crippen LogP) is 2.52. The summed E-state index contributed by atoms with van der Waals surface area (Å²) >= 11 is 0. The minimum absolute atomic E-state index is 0. The van der Waals surface area contributed by atoms with E-state index in [1.54, 1.807) is 36.5 Å². The van der Waals surface area contributed by atoms with Crippen LogP contribution in [0.15, 0.2) is 48.8 Å². The van der Waals surface area contributed by atoms with Crippen molar-refractivity contribution in [3.63, 3.8) is 0 Å². The number of nitrogens with zero attached hydrogens (tertiary/aromatic N) is 2. The van der Waals surface area contributed by atoms with Crippen molar-refractivity contribution >= 4 is 29.9 Å². The first kappa shape index (κ1) is 21.6. The van der Waals surface area contributed by atoms with E-state index in [2.05, 4.69) is 10.3 Å². The maximum Gasteiger partial charge on any atom is 0.258 e. The number of carbonyl (C=O) groups is 2. The summed E-state index contributed by atoms with van der Waals surface area (Å²) in [5.74, 6) is -0.245. The molecule has 2 rings (SSSR count). The highest BCUT2D eigenvalue weighted by Crippen LogP contribution is 2.16. The number of amides is 2. The van der Waals surface area contributed by atoms with E-state index in [0.29, 0.717) is 18.5 Å². The molecule has 1 heterocycles. The highest BCUT2D eigenvalue weighted by atomic mass is 35.5. The molecule has 3 N–H and O–H groups in total. The molecular weight excluding hydrogens is 352 g/mol. The highest BCUT2D eigenvalue weighted by molar-refractivity contribution is 6.05. The number of benzene rings is 1. The lowest BCUT2D eigenvalue weighted by Gasteiger charge is -2.18. The summed E-state index contributed by atoms with van der Waals surface area (Å²) in [7, 11) is 1.73. The first-order valence-electron chi connectivity index (χ1n) is 8.33. The Balaban J connectivity index is 0.00000338. The molecule has 0 radical (unpaired) electrons. The molecule has 140 valence electrons. The minimum atomic E-state index is -0.464. The van der Waals surface area contributed by atoms with Gasteiger partial charge in [0.15, 0.2) is 0 Å². The summed E-state index contributed by atoms with van der Waals surface area (Å²) in [6, 6.07) is 10.4. The monoisotopic (exact) mass is 376 g/mol. The lowest BCUT2D eigenvalue weighted by Crippen LogP contribution is -2.40. The molecule has 0 aliphatic rings. The number of anilines is 1. The Morgan fingerprint density at radius 2 is 1.77 bits per heavy atom. The van der Waals surface area contributed by atoms with Crippen LogP contribution in [0.3, 0.4) is 0 Å². The molecule has 6 nitrogen and oxygen atoms in total. The predicted molar refractivity (Wildman–Crippen MR) is 105 cm³/mol. The van der Waals surface area contributed by atoms with Gasteiger partial charge in [-0.25, -0.2) is 0 Å². The third kappa shape index (κ3) is 5.82. The molecule has 0 saturated carbocycles. The molecule has 1 aromatic heterocycles. The normalized spacial score (nSPS) is 11.2. The number of aromatic nitrogens is 1. The van der Waals surface area contributed by atoms with Crippen molar-refractivity contribution < 1.29 is 9.59 Å². The van der Waals surface area contributed by atoms with Crippen LogP contribution in [0.1, 0.15) is 35.7 Å². The number of hydrogen-bond acceptors (Lipinski definition) is 4. The number of halogens is 1. The van der Waals surface area contributed by atoms with E-state index in [0.717, 1.165) is 17.7 Å². The zero-order valence-electron chi connectivity index (χ0n) is 15.0. The molecule has 1 atom stereocenters. The standard InChI is InChI=1S/C19H24N4O2.ClH/c1-3-4-17(20)18(24)22-13-14-5-7-16(8-6-14)23(2)19(25)15-9-11-21-12-10-15;/h5-12,17H,3-4,13,20H2,1-2H3,(H,22,24);1H. The van der Waals surface area contributed by atoms with Gasteiger partial charge in [0.2, 0.25) is 5.91 Å². The number of nitrogens with one attached hydrogen (secondary N) is 1. The van der Waals surface area contributed by atoms with Crippen LogP contribution in [0.5, 0.6) is 0 Å².